The number of alkyl halides is 3. The number of aromatic amines is 1. The van der Waals surface area contributed by atoms with Gasteiger partial charge in [-0.1, -0.05) is 57.9 Å². The maximum Gasteiger partial charge on any atom is 0.417 e. The molecule has 5 aromatic rings. The summed E-state index contributed by atoms with van der Waals surface area (Å²) in [4.78, 5) is 117. The van der Waals surface area contributed by atoms with Crippen LogP contribution in [0.5, 0.6) is 0 Å². The van der Waals surface area contributed by atoms with Crippen LogP contribution in [0, 0.1) is 18.2 Å². The number of benzene rings is 2. The van der Waals surface area contributed by atoms with E-state index in [9.17, 15) is 51.8 Å². The normalized spacial score (nSPS) is 18.8. The highest BCUT2D eigenvalue weighted by atomic mass is 32.1. The number of aromatic nitrogens is 4. The van der Waals surface area contributed by atoms with Gasteiger partial charge in [0.2, 0.25) is 41.0 Å². The predicted octanol–water partition coefficient (Wildman–Crippen LogP) is 6.51. The Hall–Kier alpha value is -7.84. The lowest BCUT2D eigenvalue weighted by molar-refractivity contribution is -0.144. The van der Waals surface area contributed by atoms with E-state index in [0.717, 1.165) is 28.1 Å². The molecule has 6 heterocycles. The van der Waals surface area contributed by atoms with Gasteiger partial charge in [0, 0.05) is 132 Å². The van der Waals surface area contributed by atoms with Crippen LogP contribution in [0.4, 0.5) is 34.9 Å². The second kappa shape index (κ2) is 28.3. The number of likely N-dealkylation sites (tertiary alicyclic amines) is 1. The molecule has 0 unspecified atom stereocenters. The van der Waals surface area contributed by atoms with Crippen molar-refractivity contribution in [3.63, 3.8) is 0 Å². The fraction of sp³-hybridized carbons (Fsp3) is 0.508. The van der Waals surface area contributed by atoms with E-state index >= 15 is 4.39 Å². The Morgan fingerprint density at radius 2 is 1.49 bits per heavy atom. The number of pyridine rings is 1. The number of piperazine rings is 2. The van der Waals surface area contributed by atoms with Crippen LogP contribution in [-0.2, 0) is 36.7 Å². The summed E-state index contributed by atoms with van der Waals surface area (Å²) in [6.07, 6.45) is 0.454. The van der Waals surface area contributed by atoms with Crippen molar-refractivity contribution in [2.45, 2.75) is 136 Å². The van der Waals surface area contributed by atoms with Crippen molar-refractivity contribution in [3.05, 3.63) is 105 Å². The quantitative estimate of drug-likeness (QED) is 0.0339. The van der Waals surface area contributed by atoms with Crippen LogP contribution < -0.4 is 36.6 Å². The van der Waals surface area contributed by atoms with E-state index in [1.165, 1.54) is 29.4 Å². The number of β-amino-alcohol motifs (C(OH)–C–C–N with tert-alkyl or cyclic N) is 1. The molecule has 2 aromatic carbocycles. The zero-order valence-corrected chi connectivity index (χ0v) is 50.9. The van der Waals surface area contributed by atoms with Gasteiger partial charge in [-0.05, 0) is 69.3 Å². The zero-order chi connectivity index (χ0) is 62.9. The molecular formula is C61H77F4N13O8S. The van der Waals surface area contributed by atoms with Gasteiger partial charge in [0.1, 0.15) is 17.9 Å². The third kappa shape index (κ3) is 16.6. The van der Waals surface area contributed by atoms with Crippen LogP contribution in [0.3, 0.4) is 0 Å². The van der Waals surface area contributed by atoms with Crippen molar-refractivity contribution in [3.8, 4) is 21.6 Å². The van der Waals surface area contributed by atoms with Crippen molar-refractivity contribution >= 4 is 64.1 Å². The van der Waals surface area contributed by atoms with Gasteiger partial charge >= 0.3 is 6.18 Å². The van der Waals surface area contributed by atoms with Crippen LogP contribution in [-0.4, -0.2) is 165 Å². The molecular weight excluding hydrogens is 1150 g/mol. The van der Waals surface area contributed by atoms with Crippen molar-refractivity contribution < 1.29 is 51.4 Å². The summed E-state index contributed by atoms with van der Waals surface area (Å²) in [7, 11) is 1.96. The molecule has 0 aliphatic carbocycles. The van der Waals surface area contributed by atoms with Gasteiger partial charge in [-0.15, -0.1) is 11.3 Å². The van der Waals surface area contributed by atoms with Crippen molar-refractivity contribution in [1.29, 1.82) is 0 Å². The number of anilines is 3. The fourth-order valence-corrected chi connectivity index (χ4v) is 11.9. The first kappa shape index (κ1) is 65.1. The number of unbranched alkanes of at least 4 members (excludes halogenated alkanes) is 3. The minimum absolute atomic E-state index is 0.000692. The lowest BCUT2D eigenvalue weighted by atomic mass is 9.85. The first-order valence-electron chi connectivity index (χ1n) is 29.3. The predicted molar refractivity (Wildman–Crippen MR) is 322 cm³/mol. The number of amides is 6. The monoisotopic (exact) mass is 1230 g/mol. The Bertz CT molecular complexity index is 3320. The molecule has 26 heteroatoms. The highest BCUT2D eigenvalue weighted by Crippen LogP contribution is 2.38. The summed E-state index contributed by atoms with van der Waals surface area (Å²) in [6.45, 7) is 14.3. The van der Waals surface area contributed by atoms with Gasteiger partial charge in [0.15, 0.2) is 0 Å². The minimum Gasteiger partial charge on any atom is -0.391 e. The average molecular weight is 1230 g/mol. The van der Waals surface area contributed by atoms with E-state index in [-0.39, 0.29) is 97.0 Å². The number of nitrogens with zero attached hydrogens (tertiary/aromatic N) is 8. The Balaban J connectivity index is 0.743. The lowest BCUT2D eigenvalue weighted by Crippen LogP contribution is -2.57. The maximum atomic E-state index is 16.2. The number of aryl methyl sites for hydroxylation is 1. The number of likely N-dealkylation sites (N-methyl/N-ethyl adjacent to an activating group) is 1. The molecule has 0 saturated carbocycles. The number of hydrogen-bond donors (Lipinski definition) is 6. The van der Waals surface area contributed by atoms with Crippen LogP contribution >= 0.6 is 11.3 Å². The number of H-pyrrole nitrogens is 1. The molecule has 3 aromatic heterocycles. The molecule has 0 radical (unpaired) electrons. The van der Waals surface area contributed by atoms with Crippen molar-refractivity contribution in [2.75, 3.05) is 74.5 Å². The van der Waals surface area contributed by atoms with Gasteiger partial charge in [-0.3, -0.25) is 38.5 Å². The van der Waals surface area contributed by atoms with Gasteiger partial charge in [-0.25, -0.2) is 19.3 Å². The largest absolute Gasteiger partial charge is 0.417 e. The molecule has 6 N–H and O–H groups in total. The molecule has 468 valence electrons. The molecule has 3 aliphatic rings. The molecule has 0 spiro atoms. The number of rotatable bonds is 21. The molecule has 3 saturated heterocycles. The summed E-state index contributed by atoms with van der Waals surface area (Å²) >= 11 is 1.56. The number of nitrogens with one attached hydrogen (secondary N) is 5. The van der Waals surface area contributed by atoms with Crippen LogP contribution in [0.2, 0.25) is 0 Å². The van der Waals surface area contributed by atoms with Gasteiger partial charge in [-0.2, -0.15) is 13.2 Å². The zero-order valence-electron chi connectivity index (χ0n) is 50.1. The summed E-state index contributed by atoms with van der Waals surface area (Å²) in [5, 5.41) is 21.9. The van der Waals surface area contributed by atoms with Gasteiger partial charge < -0.3 is 51.0 Å². The molecule has 87 heavy (non-hydrogen) atoms. The average Bonchev–Trinajstić information content (AvgIpc) is 1.98. The van der Waals surface area contributed by atoms with Crippen LogP contribution in [0.15, 0.2) is 71.4 Å². The van der Waals surface area contributed by atoms with Gasteiger partial charge in [0.25, 0.3) is 5.91 Å². The molecule has 3 fully saturated rings. The second-order valence-electron chi connectivity index (χ2n) is 23.8. The van der Waals surface area contributed by atoms with E-state index in [2.05, 4.69) is 46.1 Å². The van der Waals surface area contributed by atoms with Crippen molar-refractivity contribution in [1.82, 2.24) is 50.6 Å². The Morgan fingerprint density at radius 1 is 0.816 bits per heavy atom. The molecule has 6 amide bonds. The van der Waals surface area contributed by atoms with E-state index < -0.39 is 64.1 Å². The first-order valence-corrected chi connectivity index (χ1v) is 30.2. The summed E-state index contributed by atoms with van der Waals surface area (Å²) in [6, 6.07) is 8.85. The van der Waals surface area contributed by atoms with E-state index in [1.54, 1.807) is 21.7 Å². The highest BCUT2D eigenvalue weighted by molar-refractivity contribution is 7.13. The smallest absolute Gasteiger partial charge is 0.391 e. The topological polar surface area (TPSA) is 258 Å². The summed E-state index contributed by atoms with van der Waals surface area (Å²) in [5.74, 6) is -3.12. The lowest BCUT2D eigenvalue weighted by Gasteiger charge is -2.44. The number of hydrogen-bond acceptors (Lipinski definition) is 15. The third-order valence-corrected chi connectivity index (χ3v) is 17.3. The molecule has 0 bridgehead atoms. The minimum atomic E-state index is -5.01. The Morgan fingerprint density at radius 3 is 2.14 bits per heavy atom. The molecule has 3 aliphatic heterocycles. The number of thiazole rings is 1. The van der Waals surface area contributed by atoms with E-state index in [4.69, 9.17) is 0 Å². The summed E-state index contributed by atoms with van der Waals surface area (Å²) in [5.41, 5.74) is 1.17. The van der Waals surface area contributed by atoms with Crippen LogP contribution in [0.25, 0.3) is 21.6 Å². The Kier molecular flexibility index (Phi) is 21.2. The third-order valence-electron chi connectivity index (χ3n) is 16.3. The molecule has 21 nitrogen and oxygen atoms in total. The second-order valence-corrected chi connectivity index (χ2v) is 24.6. The van der Waals surface area contributed by atoms with Gasteiger partial charge in [0.05, 0.1) is 44.7 Å². The highest BCUT2D eigenvalue weighted by Gasteiger charge is 2.45. The molecule has 8 rings (SSSR count). The number of aliphatic hydroxyl groups is 1. The van der Waals surface area contributed by atoms with Crippen molar-refractivity contribution in [2.24, 2.45) is 5.41 Å². The number of aliphatic hydroxyl groups excluding tert-OH is 1. The van der Waals surface area contributed by atoms with E-state index in [0.29, 0.717) is 83.3 Å². The SMILES string of the molecule is Cc1ncsc1-c1ccc(CNC(=O)[C@@H]2C[C@@H](O)CN2C(=O)[C@@H](NC(=O)CCCCCCNC(=O)CCC(=O)N2CCN(c3ncc(-c4cc(NC(=O)c5c[nH]c(=O)cc5C(F)(F)F)c(N5C[C@@H](C)N(C)[C@@H](C)C5)cc4F)cn3)CC2)C(C)(C)C)cc1. The number of halogens is 4. The standard InChI is InChI=1S/C61H77F4N13O8S/c1-36-32-77(33-37(2)74(36)7)48-27-46(62)43(25-47(48)72-56(84)44-31-67-52(82)26-45(44)61(63,64)65)41-29-69-59(70-30-41)76-22-20-75(21-23-76)53(83)18-17-50(80)66-19-11-9-8-10-12-51(81)73-55(60(4,5)6)58(86)78-34-42(79)24-49(78)57(85)68-28-39-13-15-40(16-14-39)54-38(3)71-35-87-54/h13-16,25-27,29-31,35-37,42,49,55,79H,8-12,17-24,28,32-34H2,1-7H3,(H,66,80)(H,67,82)(H,68,85)(H,72,84)(H,73,81)/t36-,37+,42-,49+,55-/m1/s1. The first-order chi connectivity index (χ1) is 41.2. The van der Waals surface area contributed by atoms with Crippen LogP contribution in [0.1, 0.15) is 113 Å². The number of carbonyl (C=O) groups excluding carboxylic acids is 6. The maximum absolute atomic E-state index is 16.2. The molecule has 5 atom stereocenters. The number of carbonyl (C=O) groups is 6. The summed E-state index contributed by atoms with van der Waals surface area (Å²) < 4.78 is 58.2. The van der Waals surface area contributed by atoms with E-state index in [1.807, 2.05) is 82.7 Å². The fourth-order valence-electron chi connectivity index (χ4n) is 11.1. The Labute approximate surface area is 506 Å².